The van der Waals surface area contributed by atoms with Crippen LogP contribution in [0.2, 0.25) is 0 Å². The van der Waals surface area contributed by atoms with Crippen molar-refractivity contribution in [3.63, 3.8) is 0 Å². The van der Waals surface area contributed by atoms with E-state index in [1.807, 2.05) is 27.7 Å². The predicted molar refractivity (Wildman–Crippen MR) is 155 cm³/mol. The van der Waals surface area contributed by atoms with Crippen LogP contribution in [0.3, 0.4) is 0 Å². The highest BCUT2D eigenvalue weighted by molar-refractivity contribution is 5.86. The standard InChI is InChI=1S/C30H39N7O3/c1-6-15-32-26-23(19-34-28(36-26)35-24-13-11-22(18-31)12-14-24)10-8-7-9-16-33-27(38)25-17-21(2)20-37(25)29(39)40-30(3,4)5/h11-14,19,21,25H,6-7,9,15-17,20H2,1-5H3,(H,33,38)(H2,32,34,35,36)/t21-,25?/m1/s1. The molecule has 10 heteroatoms. The van der Waals surface area contributed by atoms with Crippen LogP contribution in [0.1, 0.15) is 71.4 Å². The summed E-state index contributed by atoms with van der Waals surface area (Å²) in [5.74, 6) is 7.43. The summed E-state index contributed by atoms with van der Waals surface area (Å²) >= 11 is 0. The molecule has 0 radical (unpaired) electrons. The van der Waals surface area contributed by atoms with Crippen LogP contribution in [0.15, 0.2) is 30.5 Å². The first-order chi connectivity index (χ1) is 19.1. The zero-order valence-corrected chi connectivity index (χ0v) is 24.0. The Labute approximate surface area is 236 Å². The molecule has 1 unspecified atom stereocenters. The van der Waals surface area contributed by atoms with Gasteiger partial charge in [-0.3, -0.25) is 9.69 Å². The molecule has 0 spiro atoms. The van der Waals surface area contributed by atoms with Crippen molar-refractivity contribution in [1.29, 1.82) is 5.26 Å². The number of ether oxygens (including phenoxy) is 1. The number of hydrogen-bond donors (Lipinski definition) is 3. The number of nitriles is 1. The molecule has 1 aliphatic heterocycles. The van der Waals surface area contributed by atoms with Crippen molar-refractivity contribution in [1.82, 2.24) is 20.2 Å². The summed E-state index contributed by atoms with van der Waals surface area (Å²) in [5, 5.41) is 18.4. The van der Waals surface area contributed by atoms with E-state index in [-0.39, 0.29) is 11.8 Å². The molecule has 212 valence electrons. The Morgan fingerprint density at radius 1 is 1.20 bits per heavy atom. The molecule has 1 aromatic heterocycles. The summed E-state index contributed by atoms with van der Waals surface area (Å²) < 4.78 is 5.49. The molecule has 2 aromatic rings. The van der Waals surface area contributed by atoms with Gasteiger partial charge in [-0.25, -0.2) is 9.78 Å². The molecule has 0 bridgehead atoms. The van der Waals surface area contributed by atoms with Crippen LogP contribution >= 0.6 is 0 Å². The van der Waals surface area contributed by atoms with E-state index >= 15 is 0 Å². The largest absolute Gasteiger partial charge is 0.444 e. The number of rotatable bonds is 9. The molecule has 1 aromatic carbocycles. The van der Waals surface area contributed by atoms with Crippen LogP contribution in [-0.2, 0) is 9.53 Å². The predicted octanol–water partition coefficient (Wildman–Crippen LogP) is 4.81. The van der Waals surface area contributed by atoms with E-state index in [1.165, 1.54) is 4.90 Å². The van der Waals surface area contributed by atoms with Gasteiger partial charge in [0.2, 0.25) is 11.9 Å². The van der Waals surface area contributed by atoms with Crippen LogP contribution in [0.4, 0.5) is 22.2 Å². The van der Waals surface area contributed by atoms with Crippen LogP contribution in [-0.4, -0.2) is 58.1 Å². The van der Waals surface area contributed by atoms with E-state index < -0.39 is 17.7 Å². The van der Waals surface area contributed by atoms with Gasteiger partial charge in [0.05, 0.1) is 23.4 Å². The van der Waals surface area contributed by atoms with Crippen molar-refractivity contribution < 1.29 is 14.3 Å². The minimum absolute atomic E-state index is 0.159. The number of anilines is 3. The summed E-state index contributed by atoms with van der Waals surface area (Å²) in [6.07, 6.45) is 4.03. The first kappa shape index (κ1) is 30.2. The molecular weight excluding hydrogens is 506 g/mol. The monoisotopic (exact) mass is 545 g/mol. The van der Waals surface area contributed by atoms with E-state index in [0.717, 1.165) is 18.7 Å². The van der Waals surface area contributed by atoms with E-state index in [9.17, 15) is 9.59 Å². The van der Waals surface area contributed by atoms with Crippen molar-refractivity contribution in [2.75, 3.05) is 30.3 Å². The number of benzene rings is 1. The maximum atomic E-state index is 12.8. The first-order valence-electron chi connectivity index (χ1n) is 13.7. The highest BCUT2D eigenvalue weighted by atomic mass is 16.6. The average molecular weight is 546 g/mol. The normalized spacial score (nSPS) is 16.4. The summed E-state index contributed by atoms with van der Waals surface area (Å²) in [4.78, 5) is 35.9. The van der Waals surface area contributed by atoms with Crippen molar-refractivity contribution in [3.05, 3.63) is 41.6 Å². The third-order valence-corrected chi connectivity index (χ3v) is 6.04. The molecule has 1 fully saturated rings. The Hall–Kier alpha value is -4.31. The van der Waals surface area contributed by atoms with Gasteiger partial charge < -0.3 is 20.7 Å². The Morgan fingerprint density at radius 3 is 2.62 bits per heavy atom. The lowest BCUT2D eigenvalue weighted by Gasteiger charge is -2.28. The third-order valence-electron chi connectivity index (χ3n) is 6.04. The number of aromatic nitrogens is 2. The van der Waals surface area contributed by atoms with Gasteiger partial charge in [0.25, 0.3) is 0 Å². The minimum atomic E-state index is -0.610. The van der Waals surface area contributed by atoms with Crippen molar-refractivity contribution in [2.45, 2.75) is 71.9 Å². The fourth-order valence-corrected chi connectivity index (χ4v) is 4.15. The van der Waals surface area contributed by atoms with Gasteiger partial charge in [0.1, 0.15) is 17.5 Å². The molecule has 3 rings (SSSR count). The van der Waals surface area contributed by atoms with E-state index in [4.69, 9.17) is 10.00 Å². The van der Waals surface area contributed by atoms with Gasteiger partial charge in [0.15, 0.2) is 0 Å². The SMILES string of the molecule is CCCNc1nc(Nc2ccc(C#N)cc2)ncc1C#CCCCNC(=O)C1C[C@@H](C)CN1C(=O)OC(C)(C)C. The molecule has 2 atom stereocenters. The fraction of sp³-hybridized carbons (Fsp3) is 0.500. The Kier molecular flexibility index (Phi) is 10.7. The van der Waals surface area contributed by atoms with Crippen LogP contribution in [0.5, 0.6) is 0 Å². The van der Waals surface area contributed by atoms with E-state index in [0.29, 0.717) is 55.2 Å². The summed E-state index contributed by atoms with van der Waals surface area (Å²) in [6, 6.07) is 8.64. The van der Waals surface area contributed by atoms with Crippen molar-refractivity contribution in [3.8, 4) is 17.9 Å². The van der Waals surface area contributed by atoms with Gasteiger partial charge in [0, 0.05) is 31.7 Å². The molecule has 1 saturated heterocycles. The Balaban J connectivity index is 1.53. The quantitative estimate of drug-likeness (QED) is 0.302. The highest BCUT2D eigenvalue weighted by Crippen LogP contribution is 2.25. The lowest BCUT2D eigenvalue weighted by Crippen LogP contribution is -2.47. The second-order valence-corrected chi connectivity index (χ2v) is 10.9. The minimum Gasteiger partial charge on any atom is -0.444 e. The second kappa shape index (κ2) is 14.2. The number of unbranched alkanes of at least 4 members (excludes halogenated alkanes) is 1. The average Bonchev–Trinajstić information content (AvgIpc) is 3.31. The number of likely N-dealkylation sites (tertiary alicyclic amines) is 1. The molecular formula is C30H39N7O3. The van der Waals surface area contributed by atoms with E-state index in [2.05, 4.69) is 50.8 Å². The van der Waals surface area contributed by atoms with Crippen LogP contribution < -0.4 is 16.0 Å². The topological polar surface area (TPSA) is 132 Å². The van der Waals surface area contributed by atoms with Crippen molar-refractivity contribution >= 4 is 29.5 Å². The summed E-state index contributed by atoms with van der Waals surface area (Å²) in [6.45, 7) is 11.3. The van der Waals surface area contributed by atoms with Crippen molar-refractivity contribution in [2.24, 2.45) is 5.92 Å². The lowest BCUT2D eigenvalue weighted by molar-refractivity contribution is -0.125. The number of nitrogens with zero attached hydrogens (tertiary/aromatic N) is 4. The molecule has 1 aliphatic rings. The number of carbonyl (C=O) groups excluding carboxylic acids is 2. The van der Waals surface area contributed by atoms with Crippen LogP contribution in [0.25, 0.3) is 0 Å². The zero-order chi connectivity index (χ0) is 29.1. The molecule has 40 heavy (non-hydrogen) atoms. The van der Waals surface area contributed by atoms with Gasteiger partial charge in [-0.15, -0.1) is 0 Å². The van der Waals surface area contributed by atoms with Gasteiger partial charge in [-0.1, -0.05) is 25.7 Å². The lowest BCUT2D eigenvalue weighted by atomic mass is 10.1. The maximum absolute atomic E-state index is 12.8. The first-order valence-corrected chi connectivity index (χ1v) is 13.7. The fourth-order valence-electron chi connectivity index (χ4n) is 4.15. The molecule has 3 N–H and O–H groups in total. The number of amides is 2. The number of carbonyl (C=O) groups is 2. The Morgan fingerprint density at radius 2 is 1.95 bits per heavy atom. The third kappa shape index (κ3) is 9.16. The van der Waals surface area contributed by atoms with Gasteiger partial charge in [-0.2, -0.15) is 10.2 Å². The van der Waals surface area contributed by atoms with E-state index in [1.54, 1.807) is 30.5 Å². The number of hydrogen-bond acceptors (Lipinski definition) is 8. The van der Waals surface area contributed by atoms with Gasteiger partial charge in [-0.05, 0) is 70.2 Å². The second-order valence-electron chi connectivity index (χ2n) is 10.9. The zero-order valence-electron chi connectivity index (χ0n) is 24.0. The molecule has 2 amide bonds. The molecule has 2 heterocycles. The number of nitrogens with one attached hydrogen (secondary N) is 3. The Bertz CT molecular complexity index is 1270. The smallest absolute Gasteiger partial charge is 0.410 e. The summed E-state index contributed by atoms with van der Waals surface area (Å²) in [7, 11) is 0. The van der Waals surface area contributed by atoms with Gasteiger partial charge >= 0.3 is 6.09 Å². The maximum Gasteiger partial charge on any atom is 0.410 e. The highest BCUT2D eigenvalue weighted by Gasteiger charge is 2.39. The molecule has 0 aliphatic carbocycles. The molecule has 0 saturated carbocycles. The molecule has 10 nitrogen and oxygen atoms in total. The van der Waals surface area contributed by atoms with Crippen LogP contribution in [0, 0.1) is 29.1 Å². The summed E-state index contributed by atoms with van der Waals surface area (Å²) in [5.41, 5.74) is 1.44.